The number of carbonyl (C=O) groups is 2. The molecule has 0 aromatic heterocycles. The smallest absolute Gasteiger partial charge is 0.411 e. The van der Waals surface area contributed by atoms with Crippen LogP contribution in [-0.2, 0) is 37.4 Å². The van der Waals surface area contributed by atoms with Crippen molar-refractivity contribution in [3.05, 3.63) is 61.5 Å². The Morgan fingerprint density at radius 3 is 2.29 bits per heavy atom. The molecule has 1 radical (unpaired) electrons. The molecular formula is C27H35N4O3Y-. The third-order valence-electron chi connectivity index (χ3n) is 6.57. The Morgan fingerprint density at radius 1 is 0.914 bits per heavy atom. The molecule has 2 aliphatic heterocycles. The fraction of sp³-hybridized carbons (Fsp3) is 0.444. The normalized spacial score (nSPS) is 16.8. The van der Waals surface area contributed by atoms with E-state index in [-0.39, 0.29) is 44.8 Å². The van der Waals surface area contributed by atoms with E-state index >= 15 is 0 Å². The predicted molar refractivity (Wildman–Crippen MR) is 135 cm³/mol. The summed E-state index contributed by atoms with van der Waals surface area (Å²) in [6, 6.07) is 17.9. The zero-order valence-corrected chi connectivity index (χ0v) is 23.2. The van der Waals surface area contributed by atoms with Crippen molar-refractivity contribution < 1.29 is 47.0 Å². The molecule has 2 fully saturated rings. The standard InChI is InChI=1S/C27H35N4O3.Y/c1-2-15-30-20-21-31(27(30)33)17-8-16-29-18-13-23(14-19-29)34-26(32)28-25-12-7-6-11-24(25)22-9-4-3-5-10-22;/h3-7,9-12,23H,1-2,8,13-21H2,(H,28,32);/q-1;. The maximum absolute atomic E-state index is 12.6. The molecule has 3 amide bonds. The van der Waals surface area contributed by atoms with E-state index in [9.17, 15) is 9.59 Å². The molecule has 8 heteroatoms. The molecule has 0 spiro atoms. The van der Waals surface area contributed by atoms with Gasteiger partial charge in [-0.1, -0.05) is 48.5 Å². The maximum Gasteiger partial charge on any atom is 0.411 e. The minimum atomic E-state index is -0.402. The number of likely N-dealkylation sites (tertiary alicyclic amines) is 1. The third kappa shape index (κ3) is 7.76. The largest absolute Gasteiger partial charge is 0.446 e. The summed E-state index contributed by atoms with van der Waals surface area (Å²) in [4.78, 5) is 31.1. The van der Waals surface area contributed by atoms with Crippen LogP contribution in [0.5, 0.6) is 0 Å². The minimum Gasteiger partial charge on any atom is -0.446 e. The first-order valence-electron chi connectivity index (χ1n) is 12.3. The number of nitrogens with one attached hydrogen (secondary N) is 1. The molecule has 35 heavy (non-hydrogen) atoms. The second kappa shape index (κ2) is 14.0. The Labute approximate surface area is 234 Å². The van der Waals surface area contributed by atoms with Crippen LogP contribution in [0.4, 0.5) is 15.3 Å². The van der Waals surface area contributed by atoms with Crippen LogP contribution in [0.25, 0.3) is 11.1 Å². The van der Waals surface area contributed by atoms with Crippen LogP contribution in [-0.4, -0.2) is 78.7 Å². The zero-order chi connectivity index (χ0) is 23.8. The van der Waals surface area contributed by atoms with Crippen LogP contribution in [0.15, 0.2) is 54.6 Å². The zero-order valence-electron chi connectivity index (χ0n) is 20.4. The number of benzene rings is 2. The number of rotatable bonds is 9. The molecule has 0 saturated carbocycles. The number of para-hydroxylation sites is 1. The molecule has 2 saturated heterocycles. The van der Waals surface area contributed by atoms with Gasteiger partial charge in [0, 0.05) is 71.0 Å². The Balaban J connectivity index is 0.00000342. The van der Waals surface area contributed by atoms with E-state index in [4.69, 9.17) is 4.74 Å². The molecule has 185 valence electrons. The van der Waals surface area contributed by atoms with Crippen LogP contribution in [0.3, 0.4) is 0 Å². The van der Waals surface area contributed by atoms with Crippen molar-refractivity contribution in [2.75, 3.05) is 51.1 Å². The Hall–Kier alpha value is -1.96. The van der Waals surface area contributed by atoms with Crippen LogP contribution in [0, 0.1) is 6.92 Å². The Bertz CT molecular complexity index is 950. The predicted octanol–water partition coefficient (Wildman–Crippen LogP) is 4.72. The minimum absolute atomic E-state index is 0. The van der Waals surface area contributed by atoms with Crippen LogP contribution in [0.2, 0.25) is 0 Å². The van der Waals surface area contributed by atoms with Crippen molar-refractivity contribution in [2.45, 2.75) is 31.8 Å². The van der Waals surface area contributed by atoms with Crippen molar-refractivity contribution in [3.63, 3.8) is 0 Å². The number of piperidine rings is 1. The maximum atomic E-state index is 12.6. The van der Waals surface area contributed by atoms with E-state index in [2.05, 4.69) is 17.1 Å². The van der Waals surface area contributed by atoms with E-state index in [0.29, 0.717) is 0 Å². The van der Waals surface area contributed by atoms with Gasteiger partial charge in [0.1, 0.15) is 6.10 Å². The number of amides is 3. The first kappa shape index (κ1) is 27.6. The van der Waals surface area contributed by atoms with Gasteiger partial charge in [0.05, 0.1) is 5.69 Å². The van der Waals surface area contributed by atoms with Crippen molar-refractivity contribution in [3.8, 4) is 11.1 Å². The van der Waals surface area contributed by atoms with Gasteiger partial charge < -0.3 is 26.4 Å². The van der Waals surface area contributed by atoms with Gasteiger partial charge in [-0.15, -0.1) is 0 Å². The van der Waals surface area contributed by atoms with E-state index in [0.717, 1.165) is 88.3 Å². The van der Waals surface area contributed by atoms with Crippen LogP contribution in [0.1, 0.15) is 25.7 Å². The summed E-state index contributed by atoms with van der Waals surface area (Å²) < 4.78 is 5.73. The van der Waals surface area contributed by atoms with Gasteiger partial charge in [-0.05, 0) is 44.0 Å². The number of anilines is 1. The monoisotopic (exact) mass is 552 g/mol. The summed E-state index contributed by atoms with van der Waals surface area (Å²) >= 11 is 0. The van der Waals surface area contributed by atoms with Gasteiger partial charge >= 0.3 is 12.1 Å². The molecule has 2 aliphatic rings. The van der Waals surface area contributed by atoms with Crippen molar-refractivity contribution in [1.29, 1.82) is 0 Å². The second-order valence-electron chi connectivity index (χ2n) is 8.95. The number of ether oxygens (including phenoxy) is 1. The summed E-state index contributed by atoms with van der Waals surface area (Å²) in [5.41, 5.74) is 2.78. The summed E-state index contributed by atoms with van der Waals surface area (Å²) in [5.74, 6) is 0. The first-order chi connectivity index (χ1) is 16.6. The molecule has 2 aromatic carbocycles. The summed E-state index contributed by atoms with van der Waals surface area (Å²) in [7, 11) is 0. The van der Waals surface area contributed by atoms with E-state index in [1.54, 1.807) is 0 Å². The van der Waals surface area contributed by atoms with Crippen molar-refractivity contribution >= 4 is 17.8 Å². The Kier molecular flexibility index (Phi) is 11.0. The van der Waals surface area contributed by atoms with Gasteiger partial charge in [0.2, 0.25) is 0 Å². The molecule has 0 unspecified atom stereocenters. The molecule has 2 aromatic rings. The number of carbonyl (C=O) groups excluding carboxylic acids is 2. The number of hydrogen-bond donors (Lipinski definition) is 1. The first-order valence-corrected chi connectivity index (χ1v) is 12.3. The van der Waals surface area contributed by atoms with Gasteiger partial charge in [-0.2, -0.15) is 6.42 Å². The second-order valence-corrected chi connectivity index (χ2v) is 8.95. The SMILES string of the molecule is [CH2-]CCN1CCN(CCCN2CCC(OC(=O)Nc3ccccc3-c3ccccc3)CC2)C1=O.[Y]. The molecule has 2 heterocycles. The van der Waals surface area contributed by atoms with Gasteiger partial charge in [0.25, 0.3) is 0 Å². The van der Waals surface area contributed by atoms with Crippen LogP contribution >= 0.6 is 0 Å². The molecular weight excluding hydrogens is 517 g/mol. The Morgan fingerprint density at radius 2 is 1.57 bits per heavy atom. The molecule has 1 N–H and O–H groups in total. The number of nitrogens with zero attached hydrogens (tertiary/aromatic N) is 3. The number of hydrogen-bond acceptors (Lipinski definition) is 4. The van der Waals surface area contributed by atoms with Gasteiger partial charge in [-0.25, -0.2) is 9.59 Å². The third-order valence-corrected chi connectivity index (χ3v) is 6.57. The fourth-order valence-electron chi connectivity index (χ4n) is 4.73. The number of urea groups is 1. The van der Waals surface area contributed by atoms with Gasteiger partial charge in [0.15, 0.2) is 0 Å². The quantitative estimate of drug-likeness (QED) is 0.458. The topological polar surface area (TPSA) is 65.1 Å². The van der Waals surface area contributed by atoms with E-state index in [1.807, 2.05) is 64.4 Å². The fourth-order valence-corrected chi connectivity index (χ4v) is 4.73. The van der Waals surface area contributed by atoms with E-state index in [1.165, 1.54) is 0 Å². The summed E-state index contributed by atoms with van der Waals surface area (Å²) in [6.07, 6.45) is 2.90. The molecule has 0 atom stereocenters. The average molecular weight is 553 g/mol. The molecule has 7 nitrogen and oxygen atoms in total. The van der Waals surface area contributed by atoms with Crippen molar-refractivity contribution in [1.82, 2.24) is 14.7 Å². The molecule has 4 rings (SSSR count). The average Bonchev–Trinajstić information content (AvgIpc) is 3.20. The van der Waals surface area contributed by atoms with Gasteiger partial charge in [-0.3, -0.25) is 5.32 Å². The summed E-state index contributed by atoms with van der Waals surface area (Å²) in [5, 5.41) is 2.93. The van der Waals surface area contributed by atoms with Crippen LogP contribution < -0.4 is 5.32 Å². The molecule has 0 bridgehead atoms. The van der Waals surface area contributed by atoms with E-state index < -0.39 is 6.09 Å². The summed E-state index contributed by atoms with van der Waals surface area (Å²) in [6.45, 7) is 9.78. The van der Waals surface area contributed by atoms with Crippen molar-refractivity contribution in [2.24, 2.45) is 0 Å². The molecule has 0 aliphatic carbocycles.